The second kappa shape index (κ2) is 4.05. The fourth-order valence-electron chi connectivity index (χ4n) is 1.26. The number of rotatable bonds is 2. The first-order valence-corrected chi connectivity index (χ1v) is 4.44. The zero-order valence-electron chi connectivity index (χ0n) is 8.64. The molecule has 0 saturated carbocycles. The van der Waals surface area contributed by atoms with Gasteiger partial charge in [-0.3, -0.25) is 4.79 Å². The maximum Gasteiger partial charge on any atom is 0.221 e. The molecule has 0 aliphatic heterocycles. The third-order valence-electron chi connectivity index (χ3n) is 2.13. The van der Waals surface area contributed by atoms with Crippen LogP contribution >= 0.6 is 0 Å². The highest BCUT2D eigenvalue weighted by atomic mass is 16.1. The van der Waals surface area contributed by atoms with Crippen molar-refractivity contribution in [2.45, 2.75) is 20.8 Å². The van der Waals surface area contributed by atoms with Gasteiger partial charge in [-0.05, 0) is 37.1 Å². The Morgan fingerprint density at radius 2 is 1.93 bits per heavy atom. The molecule has 0 bridgehead atoms. The lowest BCUT2D eigenvalue weighted by Gasteiger charge is -2.09. The highest BCUT2D eigenvalue weighted by molar-refractivity contribution is 5.96. The number of benzene rings is 1. The summed E-state index contributed by atoms with van der Waals surface area (Å²) in [5.74, 6) is -0.114. The molecular weight excluding hydrogens is 176 g/mol. The summed E-state index contributed by atoms with van der Waals surface area (Å²) in [4.78, 5) is 10.9. The van der Waals surface area contributed by atoms with E-state index in [1.165, 1.54) is 13.1 Å². The highest BCUT2D eigenvalue weighted by Crippen LogP contribution is 2.19. The molecule has 0 atom stereocenters. The van der Waals surface area contributed by atoms with E-state index in [9.17, 15) is 4.79 Å². The first-order valence-electron chi connectivity index (χ1n) is 4.44. The van der Waals surface area contributed by atoms with Gasteiger partial charge in [0.1, 0.15) is 0 Å². The average molecular weight is 190 g/mol. The molecular formula is C11H14N2O. The number of carbonyl (C=O) groups excluding carboxylic acids is 1. The van der Waals surface area contributed by atoms with Gasteiger partial charge < -0.3 is 10.7 Å². The van der Waals surface area contributed by atoms with Crippen LogP contribution in [-0.2, 0) is 4.79 Å². The lowest BCUT2D eigenvalue weighted by atomic mass is 10.0. The Morgan fingerprint density at radius 1 is 1.36 bits per heavy atom. The zero-order valence-corrected chi connectivity index (χ0v) is 8.64. The maximum atomic E-state index is 10.9. The predicted octanol–water partition coefficient (Wildman–Crippen LogP) is 2.26. The van der Waals surface area contributed by atoms with Gasteiger partial charge in [0.05, 0.1) is 0 Å². The second-order valence-electron chi connectivity index (χ2n) is 3.35. The number of anilines is 1. The van der Waals surface area contributed by atoms with Crippen molar-refractivity contribution in [2.75, 3.05) is 5.32 Å². The van der Waals surface area contributed by atoms with Crippen LogP contribution in [0.3, 0.4) is 0 Å². The summed E-state index contributed by atoms with van der Waals surface area (Å²) in [7, 11) is 0. The summed E-state index contributed by atoms with van der Waals surface area (Å²) in [6, 6.07) is 3.78. The molecule has 0 aromatic heterocycles. The lowest BCUT2D eigenvalue weighted by Crippen LogP contribution is -2.08. The molecule has 0 saturated heterocycles. The van der Waals surface area contributed by atoms with Gasteiger partial charge in [-0.1, -0.05) is 0 Å². The Bertz CT molecular complexity index is 383. The van der Waals surface area contributed by atoms with Crippen LogP contribution in [0, 0.1) is 19.3 Å². The molecule has 3 nitrogen and oxygen atoms in total. The molecule has 74 valence electrons. The van der Waals surface area contributed by atoms with E-state index in [4.69, 9.17) is 5.41 Å². The van der Waals surface area contributed by atoms with E-state index >= 15 is 0 Å². The van der Waals surface area contributed by atoms with E-state index < -0.39 is 0 Å². The predicted molar refractivity (Wildman–Crippen MR) is 58.1 cm³/mol. The quantitative estimate of drug-likeness (QED) is 0.690. The summed E-state index contributed by atoms with van der Waals surface area (Å²) < 4.78 is 0. The first-order chi connectivity index (χ1) is 6.54. The Hall–Kier alpha value is -1.64. The van der Waals surface area contributed by atoms with Crippen LogP contribution in [0.5, 0.6) is 0 Å². The maximum absolute atomic E-state index is 10.9. The molecule has 0 aliphatic carbocycles. The standard InChI is InChI=1S/C11H14N2O/c1-7-4-10(6-12)11(5-8(7)2)13-9(3)14/h4-6,12H,1-3H3,(H,13,14). The number of carbonyl (C=O) groups is 1. The molecule has 1 aromatic carbocycles. The summed E-state index contributed by atoms with van der Waals surface area (Å²) in [5.41, 5.74) is 3.68. The third kappa shape index (κ3) is 2.19. The number of nitrogens with one attached hydrogen (secondary N) is 2. The van der Waals surface area contributed by atoms with E-state index in [0.717, 1.165) is 16.7 Å². The minimum atomic E-state index is -0.114. The molecule has 14 heavy (non-hydrogen) atoms. The summed E-state index contributed by atoms with van der Waals surface area (Å²) in [5, 5.41) is 9.92. The average Bonchev–Trinajstić information content (AvgIpc) is 2.10. The van der Waals surface area contributed by atoms with E-state index in [1.807, 2.05) is 26.0 Å². The molecule has 0 fully saturated rings. The van der Waals surface area contributed by atoms with Gasteiger partial charge in [0, 0.05) is 24.4 Å². The van der Waals surface area contributed by atoms with E-state index in [1.54, 1.807) is 0 Å². The number of hydrogen-bond acceptors (Lipinski definition) is 2. The van der Waals surface area contributed by atoms with Crippen molar-refractivity contribution >= 4 is 17.8 Å². The minimum absolute atomic E-state index is 0.114. The van der Waals surface area contributed by atoms with Crippen molar-refractivity contribution in [3.8, 4) is 0 Å². The smallest absolute Gasteiger partial charge is 0.221 e. The summed E-state index contributed by atoms with van der Waals surface area (Å²) in [6.45, 7) is 5.43. The van der Waals surface area contributed by atoms with Crippen LogP contribution in [0.25, 0.3) is 0 Å². The molecule has 0 spiro atoms. The molecule has 1 amide bonds. The van der Waals surface area contributed by atoms with Crippen molar-refractivity contribution in [1.29, 1.82) is 5.41 Å². The molecule has 1 rings (SSSR count). The van der Waals surface area contributed by atoms with Gasteiger partial charge >= 0.3 is 0 Å². The van der Waals surface area contributed by atoms with E-state index in [0.29, 0.717) is 5.69 Å². The van der Waals surface area contributed by atoms with Crippen LogP contribution in [-0.4, -0.2) is 12.1 Å². The van der Waals surface area contributed by atoms with Crippen LogP contribution in [0.4, 0.5) is 5.69 Å². The summed E-state index contributed by atoms with van der Waals surface area (Å²) >= 11 is 0. The van der Waals surface area contributed by atoms with E-state index in [-0.39, 0.29) is 5.91 Å². The first kappa shape index (κ1) is 10.4. The molecule has 1 aromatic rings. The zero-order chi connectivity index (χ0) is 10.7. The number of aryl methyl sites for hydroxylation is 2. The molecule has 0 radical (unpaired) electrons. The fourth-order valence-corrected chi connectivity index (χ4v) is 1.26. The molecule has 0 aliphatic rings. The Kier molecular flexibility index (Phi) is 3.02. The van der Waals surface area contributed by atoms with Gasteiger partial charge in [-0.15, -0.1) is 0 Å². The SMILES string of the molecule is CC(=O)Nc1cc(C)c(C)cc1C=N. The number of amides is 1. The van der Waals surface area contributed by atoms with Crippen LogP contribution < -0.4 is 5.32 Å². The topological polar surface area (TPSA) is 53.0 Å². The van der Waals surface area contributed by atoms with Crippen molar-refractivity contribution < 1.29 is 4.79 Å². The summed E-state index contributed by atoms with van der Waals surface area (Å²) in [6.07, 6.45) is 1.25. The largest absolute Gasteiger partial charge is 0.326 e. The monoisotopic (exact) mass is 190 g/mol. The third-order valence-corrected chi connectivity index (χ3v) is 2.13. The fraction of sp³-hybridized carbons (Fsp3) is 0.273. The molecule has 3 heteroatoms. The Labute approximate surface area is 83.7 Å². The molecule has 0 heterocycles. The Balaban J connectivity index is 3.19. The Morgan fingerprint density at radius 3 is 2.43 bits per heavy atom. The van der Waals surface area contributed by atoms with Gasteiger partial charge in [0.2, 0.25) is 5.91 Å². The van der Waals surface area contributed by atoms with Crippen LogP contribution in [0.2, 0.25) is 0 Å². The molecule has 0 unspecified atom stereocenters. The van der Waals surface area contributed by atoms with Crippen molar-refractivity contribution in [2.24, 2.45) is 0 Å². The van der Waals surface area contributed by atoms with Gasteiger partial charge in [0.15, 0.2) is 0 Å². The minimum Gasteiger partial charge on any atom is -0.326 e. The highest BCUT2D eigenvalue weighted by Gasteiger charge is 2.04. The van der Waals surface area contributed by atoms with E-state index in [2.05, 4.69) is 5.32 Å². The van der Waals surface area contributed by atoms with Gasteiger partial charge in [-0.25, -0.2) is 0 Å². The van der Waals surface area contributed by atoms with Crippen molar-refractivity contribution in [1.82, 2.24) is 0 Å². The molecule has 2 N–H and O–H groups in total. The lowest BCUT2D eigenvalue weighted by molar-refractivity contribution is -0.114. The van der Waals surface area contributed by atoms with Crippen LogP contribution in [0.15, 0.2) is 12.1 Å². The van der Waals surface area contributed by atoms with Crippen molar-refractivity contribution in [3.05, 3.63) is 28.8 Å². The second-order valence-corrected chi connectivity index (χ2v) is 3.35. The normalized spacial score (nSPS) is 9.64. The van der Waals surface area contributed by atoms with Gasteiger partial charge in [0.25, 0.3) is 0 Å². The number of hydrogen-bond donors (Lipinski definition) is 2. The van der Waals surface area contributed by atoms with Crippen molar-refractivity contribution in [3.63, 3.8) is 0 Å². The van der Waals surface area contributed by atoms with Crippen LogP contribution in [0.1, 0.15) is 23.6 Å². The van der Waals surface area contributed by atoms with Gasteiger partial charge in [-0.2, -0.15) is 0 Å².